The number of nitrogens with zero attached hydrogens (tertiary/aromatic N) is 3. The summed E-state index contributed by atoms with van der Waals surface area (Å²) < 4.78 is 0. The zero-order valence-corrected chi connectivity index (χ0v) is 10.5. The molecule has 0 bridgehead atoms. The second-order valence-corrected chi connectivity index (χ2v) is 3.84. The summed E-state index contributed by atoms with van der Waals surface area (Å²) >= 11 is 6.04. The molecule has 1 N–H and O–H groups in total. The highest BCUT2D eigenvalue weighted by molar-refractivity contribution is 6.30. The number of aromatic nitrogens is 2. The molecule has 0 aromatic carbocycles. The van der Waals surface area contributed by atoms with Gasteiger partial charge in [-0.2, -0.15) is 0 Å². The number of hydrogen-bond donors (Lipinski definition) is 1. The minimum atomic E-state index is 0.191. The third kappa shape index (κ3) is 3.06. The van der Waals surface area contributed by atoms with Gasteiger partial charge < -0.3 is 10.0 Å². The van der Waals surface area contributed by atoms with Crippen molar-refractivity contribution in [2.24, 2.45) is 0 Å². The lowest BCUT2D eigenvalue weighted by atomic mass is 10.2. The maximum Gasteiger partial charge on any atom is 0.137 e. The van der Waals surface area contributed by atoms with Crippen molar-refractivity contribution in [2.75, 3.05) is 24.6 Å². The van der Waals surface area contributed by atoms with Crippen LogP contribution in [0.3, 0.4) is 0 Å². The number of hydrogen-bond acceptors (Lipinski definition) is 4. The summed E-state index contributed by atoms with van der Waals surface area (Å²) in [5.41, 5.74) is 0.976. The van der Waals surface area contributed by atoms with Gasteiger partial charge in [-0.3, -0.25) is 0 Å². The van der Waals surface area contributed by atoms with Crippen LogP contribution in [0, 0.1) is 0 Å². The first-order chi connectivity index (χ1) is 7.74. The van der Waals surface area contributed by atoms with E-state index in [0.29, 0.717) is 5.15 Å². The third-order valence-electron chi connectivity index (χ3n) is 2.49. The van der Waals surface area contributed by atoms with Crippen molar-refractivity contribution in [3.63, 3.8) is 0 Å². The SMILES string of the molecule is CCc1c(Cl)ncnc1N(CC)CCCO. The molecule has 0 aliphatic carbocycles. The molecule has 1 rings (SSSR count). The van der Waals surface area contributed by atoms with E-state index in [4.69, 9.17) is 16.7 Å². The van der Waals surface area contributed by atoms with Crippen LogP contribution in [-0.4, -0.2) is 34.8 Å². The van der Waals surface area contributed by atoms with E-state index >= 15 is 0 Å². The second-order valence-electron chi connectivity index (χ2n) is 3.48. The van der Waals surface area contributed by atoms with Crippen LogP contribution in [0.15, 0.2) is 6.33 Å². The number of aliphatic hydroxyl groups is 1. The first-order valence-electron chi connectivity index (χ1n) is 5.59. The Balaban J connectivity index is 2.94. The molecule has 1 aromatic rings. The highest BCUT2D eigenvalue weighted by atomic mass is 35.5. The maximum atomic E-state index is 8.85. The van der Waals surface area contributed by atoms with E-state index in [1.54, 1.807) is 0 Å². The maximum absolute atomic E-state index is 8.85. The summed E-state index contributed by atoms with van der Waals surface area (Å²) in [6.45, 7) is 5.92. The van der Waals surface area contributed by atoms with E-state index in [1.807, 2.05) is 6.92 Å². The standard InChI is InChI=1S/C11H18ClN3O/c1-3-9-10(12)13-8-14-11(9)15(4-2)6-5-7-16/h8,16H,3-7H2,1-2H3. The minimum absolute atomic E-state index is 0.191. The highest BCUT2D eigenvalue weighted by Crippen LogP contribution is 2.23. The quantitative estimate of drug-likeness (QED) is 0.776. The third-order valence-corrected chi connectivity index (χ3v) is 2.82. The van der Waals surface area contributed by atoms with E-state index < -0.39 is 0 Å². The molecule has 0 unspecified atom stereocenters. The van der Waals surface area contributed by atoms with E-state index in [9.17, 15) is 0 Å². The Kier molecular flexibility index (Phi) is 5.49. The first kappa shape index (κ1) is 13.2. The van der Waals surface area contributed by atoms with Crippen molar-refractivity contribution in [3.8, 4) is 0 Å². The minimum Gasteiger partial charge on any atom is -0.396 e. The Morgan fingerprint density at radius 2 is 2.12 bits per heavy atom. The largest absolute Gasteiger partial charge is 0.396 e. The molecule has 0 spiro atoms. The molecule has 0 atom stereocenters. The Hall–Kier alpha value is -0.870. The lowest BCUT2D eigenvalue weighted by Gasteiger charge is -2.23. The molecule has 0 saturated carbocycles. The normalized spacial score (nSPS) is 10.5. The van der Waals surface area contributed by atoms with Crippen LogP contribution in [0.2, 0.25) is 5.15 Å². The molecule has 1 heterocycles. The molecule has 1 aromatic heterocycles. The Morgan fingerprint density at radius 1 is 1.38 bits per heavy atom. The molecule has 0 radical (unpaired) electrons. The van der Waals surface area contributed by atoms with E-state index in [-0.39, 0.29) is 6.61 Å². The molecule has 4 nitrogen and oxygen atoms in total. The van der Waals surface area contributed by atoms with Gasteiger partial charge in [0.2, 0.25) is 0 Å². The Morgan fingerprint density at radius 3 is 2.69 bits per heavy atom. The van der Waals surface area contributed by atoms with Gasteiger partial charge in [0.15, 0.2) is 0 Å². The van der Waals surface area contributed by atoms with Crippen molar-refractivity contribution < 1.29 is 5.11 Å². The average Bonchev–Trinajstić information content (AvgIpc) is 2.30. The summed E-state index contributed by atoms with van der Waals surface area (Å²) in [7, 11) is 0. The van der Waals surface area contributed by atoms with E-state index in [1.165, 1.54) is 6.33 Å². The Labute approximate surface area is 101 Å². The van der Waals surface area contributed by atoms with E-state index in [0.717, 1.165) is 37.3 Å². The van der Waals surface area contributed by atoms with Gasteiger partial charge in [-0.25, -0.2) is 9.97 Å². The fourth-order valence-corrected chi connectivity index (χ4v) is 1.90. The summed E-state index contributed by atoms with van der Waals surface area (Å²) in [5.74, 6) is 0.887. The fourth-order valence-electron chi connectivity index (χ4n) is 1.63. The van der Waals surface area contributed by atoms with Crippen LogP contribution < -0.4 is 4.90 Å². The Bertz CT molecular complexity index is 333. The van der Waals surface area contributed by atoms with Crippen molar-refractivity contribution in [1.82, 2.24) is 9.97 Å². The number of anilines is 1. The van der Waals surface area contributed by atoms with Crippen LogP contribution in [-0.2, 0) is 6.42 Å². The van der Waals surface area contributed by atoms with Crippen LogP contribution in [0.5, 0.6) is 0 Å². The smallest absolute Gasteiger partial charge is 0.137 e. The molecule has 0 aliphatic rings. The van der Waals surface area contributed by atoms with Gasteiger partial charge in [-0.15, -0.1) is 0 Å². The first-order valence-corrected chi connectivity index (χ1v) is 5.97. The van der Waals surface area contributed by atoms with Gasteiger partial charge in [0, 0.05) is 25.3 Å². The zero-order valence-electron chi connectivity index (χ0n) is 9.78. The van der Waals surface area contributed by atoms with Crippen molar-refractivity contribution in [3.05, 3.63) is 17.0 Å². The lowest BCUT2D eigenvalue weighted by molar-refractivity contribution is 0.289. The summed E-state index contributed by atoms with van der Waals surface area (Å²) in [5, 5.41) is 9.38. The van der Waals surface area contributed by atoms with Crippen LogP contribution >= 0.6 is 11.6 Å². The van der Waals surface area contributed by atoms with Gasteiger partial charge >= 0.3 is 0 Å². The van der Waals surface area contributed by atoms with Crippen LogP contribution in [0.25, 0.3) is 0 Å². The summed E-state index contributed by atoms with van der Waals surface area (Å²) in [6, 6.07) is 0. The summed E-state index contributed by atoms with van der Waals surface area (Å²) in [6.07, 6.45) is 3.03. The second kappa shape index (κ2) is 6.66. The van der Waals surface area contributed by atoms with Crippen LogP contribution in [0.4, 0.5) is 5.82 Å². The molecule has 16 heavy (non-hydrogen) atoms. The molecule has 0 aliphatic heterocycles. The predicted octanol–water partition coefficient (Wildman–Crippen LogP) is 1.90. The average molecular weight is 244 g/mol. The molecule has 5 heteroatoms. The van der Waals surface area contributed by atoms with Crippen molar-refractivity contribution in [2.45, 2.75) is 26.7 Å². The lowest BCUT2D eigenvalue weighted by Crippen LogP contribution is -2.27. The molecule has 90 valence electrons. The van der Waals surface area contributed by atoms with Crippen molar-refractivity contribution >= 4 is 17.4 Å². The number of rotatable bonds is 6. The van der Waals surface area contributed by atoms with Crippen LogP contribution in [0.1, 0.15) is 25.8 Å². The molecule has 0 saturated heterocycles. The molecule has 0 fully saturated rings. The van der Waals surface area contributed by atoms with Gasteiger partial charge in [0.05, 0.1) is 0 Å². The van der Waals surface area contributed by atoms with E-state index in [2.05, 4.69) is 21.8 Å². The van der Waals surface area contributed by atoms with Gasteiger partial charge in [-0.05, 0) is 19.8 Å². The van der Waals surface area contributed by atoms with Gasteiger partial charge in [0.1, 0.15) is 17.3 Å². The highest BCUT2D eigenvalue weighted by Gasteiger charge is 2.13. The molecule has 0 amide bonds. The molecular weight excluding hydrogens is 226 g/mol. The monoisotopic (exact) mass is 243 g/mol. The topological polar surface area (TPSA) is 49.2 Å². The zero-order chi connectivity index (χ0) is 12.0. The van der Waals surface area contributed by atoms with Gasteiger partial charge in [-0.1, -0.05) is 18.5 Å². The van der Waals surface area contributed by atoms with Gasteiger partial charge in [0.25, 0.3) is 0 Å². The summed E-state index contributed by atoms with van der Waals surface area (Å²) in [4.78, 5) is 10.4. The number of aliphatic hydroxyl groups excluding tert-OH is 1. The number of halogens is 1. The fraction of sp³-hybridized carbons (Fsp3) is 0.636. The molecular formula is C11H18ClN3O. The van der Waals surface area contributed by atoms with Crippen molar-refractivity contribution in [1.29, 1.82) is 0 Å². The predicted molar refractivity (Wildman–Crippen MR) is 66.0 cm³/mol.